The first-order chi connectivity index (χ1) is 7.09. The maximum atomic E-state index is 10.5. The standard InChI is InChI=1S/C9H15N3O.C2H6.H2/c1-7(2)8-5-11-12(6-8)4-3-9(10)13;1-2;/h5-7H,3-4H2,1-2H3,(H2,10,13);1-2H3;1H. The van der Waals surface area contributed by atoms with E-state index in [9.17, 15) is 4.79 Å². The lowest BCUT2D eigenvalue weighted by Gasteiger charge is -1.99. The minimum absolute atomic E-state index is 0. The second-order valence-electron chi connectivity index (χ2n) is 3.41. The van der Waals surface area contributed by atoms with Crippen LogP contribution in [0, 0.1) is 0 Å². The SMILES string of the molecule is CC.CC(C)c1cnn(CCC(N)=O)c1.[HH]. The minimum atomic E-state index is -0.290. The Hall–Kier alpha value is -1.32. The zero-order valence-corrected chi connectivity index (χ0v) is 10.0. The number of hydrogen-bond acceptors (Lipinski definition) is 2. The summed E-state index contributed by atoms with van der Waals surface area (Å²) in [6.45, 7) is 8.78. The smallest absolute Gasteiger partial charge is 0.219 e. The van der Waals surface area contributed by atoms with Gasteiger partial charge in [0.1, 0.15) is 0 Å². The van der Waals surface area contributed by atoms with Crippen LogP contribution < -0.4 is 5.73 Å². The molecule has 0 aliphatic heterocycles. The van der Waals surface area contributed by atoms with Gasteiger partial charge >= 0.3 is 0 Å². The van der Waals surface area contributed by atoms with Gasteiger partial charge in [-0.1, -0.05) is 27.7 Å². The van der Waals surface area contributed by atoms with E-state index in [1.54, 1.807) is 4.68 Å². The second kappa shape index (κ2) is 7.04. The first-order valence-corrected chi connectivity index (χ1v) is 5.40. The summed E-state index contributed by atoms with van der Waals surface area (Å²) in [6, 6.07) is 0. The van der Waals surface area contributed by atoms with Crippen LogP contribution in [0.4, 0.5) is 0 Å². The summed E-state index contributed by atoms with van der Waals surface area (Å²) in [5.74, 6) is 0.184. The predicted molar refractivity (Wildman–Crippen MR) is 63.6 cm³/mol. The highest BCUT2D eigenvalue weighted by Crippen LogP contribution is 2.12. The molecule has 0 saturated carbocycles. The zero-order valence-electron chi connectivity index (χ0n) is 10.0. The summed E-state index contributed by atoms with van der Waals surface area (Å²) in [6.07, 6.45) is 4.12. The number of aromatic nitrogens is 2. The average Bonchev–Trinajstić information content (AvgIpc) is 2.66. The van der Waals surface area contributed by atoms with Crippen molar-refractivity contribution in [1.82, 2.24) is 9.78 Å². The van der Waals surface area contributed by atoms with E-state index in [1.165, 1.54) is 5.56 Å². The van der Waals surface area contributed by atoms with Crippen molar-refractivity contribution in [1.29, 1.82) is 0 Å². The lowest BCUT2D eigenvalue weighted by molar-refractivity contribution is -0.118. The van der Waals surface area contributed by atoms with Crippen LogP contribution in [0.25, 0.3) is 0 Å². The Morgan fingerprint density at radius 1 is 1.60 bits per heavy atom. The van der Waals surface area contributed by atoms with E-state index < -0.39 is 0 Å². The summed E-state index contributed by atoms with van der Waals surface area (Å²) in [7, 11) is 0. The third-order valence-electron chi connectivity index (χ3n) is 1.91. The maximum absolute atomic E-state index is 10.5. The van der Waals surface area contributed by atoms with Crippen molar-refractivity contribution in [2.75, 3.05) is 0 Å². The normalized spacial score (nSPS) is 9.67. The van der Waals surface area contributed by atoms with Gasteiger partial charge in [-0.3, -0.25) is 9.48 Å². The molecule has 0 spiro atoms. The highest BCUT2D eigenvalue weighted by molar-refractivity contribution is 5.73. The van der Waals surface area contributed by atoms with Crippen molar-refractivity contribution in [2.45, 2.75) is 46.6 Å². The Labute approximate surface area is 93.0 Å². The molecule has 1 amide bonds. The molecule has 0 saturated heterocycles. The number of carbonyl (C=O) groups is 1. The van der Waals surface area contributed by atoms with Crippen molar-refractivity contribution in [3.8, 4) is 0 Å². The van der Waals surface area contributed by atoms with E-state index in [-0.39, 0.29) is 7.33 Å². The van der Waals surface area contributed by atoms with Crippen LogP contribution in [0.2, 0.25) is 0 Å². The molecule has 1 aromatic rings. The average molecular weight is 213 g/mol. The van der Waals surface area contributed by atoms with E-state index in [0.717, 1.165) is 0 Å². The molecule has 0 aliphatic rings. The molecule has 88 valence electrons. The van der Waals surface area contributed by atoms with Crippen LogP contribution in [0.3, 0.4) is 0 Å². The lowest BCUT2D eigenvalue weighted by Crippen LogP contribution is -2.14. The van der Waals surface area contributed by atoms with Crippen LogP contribution in [-0.2, 0) is 11.3 Å². The number of amides is 1. The molecule has 0 aliphatic carbocycles. The maximum Gasteiger partial charge on any atom is 0.219 e. The number of nitrogens with two attached hydrogens (primary N) is 1. The summed E-state index contributed by atoms with van der Waals surface area (Å²) >= 11 is 0. The summed E-state index contributed by atoms with van der Waals surface area (Å²) in [5.41, 5.74) is 6.21. The molecular weight excluding hydrogens is 190 g/mol. The molecule has 1 rings (SSSR count). The van der Waals surface area contributed by atoms with Crippen molar-refractivity contribution in [3.05, 3.63) is 18.0 Å². The molecule has 2 N–H and O–H groups in total. The number of hydrogen-bond donors (Lipinski definition) is 1. The van der Waals surface area contributed by atoms with Gasteiger partial charge in [0, 0.05) is 20.6 Å². The highest BCUT2D eigenvalue weighted by Gasteiger charge is 2.03. The fraction of sp³-hybridized carbons (Fsp3) is 0.636. The van der Waals surface area contributed by atoms with Gasteiger partial charge in [0.05, 0.1) is 6.20 Å². The van der Waals surface area contributed by atoms with Crippen molar-refractivity contribution in [2.24, 2.45) is 5.73 Å². The van der Waals surface area contributed by atoms with Gasteiger partial charge in [-0.25, -0.2) is 0 Å². The topological polar surface area (TPSA) is 60.9 Å². The molecule has 4 heteroatoms. The molecule has 0 radical (unpaired) electrons. The zero-order chi connectivity index (χ0) is 11.8. The first-order valence-electron chi connectivity index (χ1n) is 5.40. The van der Waals surface area contributed by atoms with E-state index in [0.29, 0.717) is 18.9 Å². The first kappa shape index (κ1) is 13.7. The van der Waals surface area contributed by atoms with Gasteiger partial charge in [-0.2, -0.15) is 5.10 Å². The fourth-order valence-corrected chi connectivity index (χ4v) is 1.02. The number of aryl methyl sites for hydroxylation is 1. The van der Waals surface area contributed by atoms with Crippen LogP contribution >= 0.6 is 0 Å². The number of primary amides is 1. The van der Waals surface area contributed by atoms with Crippen LogP contribution in [-0.4, -0.2) is 15.7 Å². The Morgan fingerprint density at radius 2 is 2.20 bits per heavy atom. The van der Waals surface area contributed by atoms with Crippen molar-refractivity contribution in [3.63, 3.8) is 0 Å². The molecule has 0 unspecified atom stereocenters. The molecule has 1 heterocycles. The molecule has 0 bridgehead atoms. The quantitative estimate of drug-likeness (QED) is 0.833. The third-order valence-corrected chi connectivity index (χ3v) is 1.91. The number of nitrogens with zero attached hydrogens (tertiary/aromatic N) is 2. The van der Waals surface area contributed by atoms with E-state index in [4.69, 9.17) is 5.73 Å². The minimum Gasteiger partial charge on any atom is -0.370 e. The number of carbonyl (C=O) groups excluding carboxylic acids is 1. The lowest BCUT2D eigenvalue weighted by atomic mass is 10.1. The predicted octanol–water partition coefficient (Wildman–Crippen LogP) is 2.15. The Balaban J connectivity index is 0. The van der Waals surface area contributed by atoms with Gasteiger partial charge in [-0.05, 0) is 11.5 Å². The van der Waals surface area contributed by atoms with Gasteiger partial charge in [0.2, 0.25) is 5.91 Å². The summed E-state index contributed by atoms with van der Waals surface area (Å²) < 4.78 is 1.75. The molecule has 1 aromatic heterocycles. The Morgan fingerprint density at radius 3 is 2.60 bits per heavy atom. The van der Waals surface area contributed by atoms with Gasteiger partial charge < -0.3 is 5.73 Å². The van der Waals surface area contributed by atoms with Crippen LogP contribution in [0.1, 0.15) is 47.0 Å². The molecule has 0 aromatic carbocycles. The van der Waals surface area contributed by atoms with Crippen LogP contribution in [0.15, 0.2) is 12.4 Å². The van der Waals surface area contributed by atoms with Gasteiger partial charge in [0.25, 0.3) is 0 Å². The highest BCUT2D eigenvalue weighted by atomic mass is 16.1. The molecule has 0 fully saturated rings. The largest absolute Gasteiger partial charge is 0.370 e. The molecule has 0 atom stereocenters. The van der Waals surface area contributed by atoms with Crippen molar-refractivity contribution < 1.29 is 6.22 Å². The monoisotopic (exact) mass is 213 g/mol. The fourth-order valence-electron chi connectivity index (χ4n) is 1.02. The Bertz CT molecular complexity index is 297. The molecule has 15 heavy (non-hydrogen) atoms. The van der Waals surface area contributed by atoms with Gasteiger partial charge in [0.15, 0.2) is 0 Å². The van der Waals surface area contributed by atoms with Crippen LogP contribution in [0.5, 0.6) is 0 Å². The molecular formula is C11H23N3O. The van der Waals surface area contributed by atoms with Gasteiger partial charge in [-0.15, -0.1) is 0 Å². The van der Waals surface area contributed by atoms with E-state index in [2.05, 4.69) is 18.9 Å². The van der Waals surface area contributed by atoms with Crippen molar-refractivity contribution >= 4 is 5.91 Å². The number of rotatable bonds is 4. The second-order valence-corrected chi connectivity index (χ2v) is 3.41. The Kier molecular flexibility index (Phi) is 6.42. The van der Waals surface area contributed by atoms with E-state index >= 15 is 0 Å². The summed E-state index contributed by atoms with van der Waals surface area (Å²) in [4.78, 5) is 10.5. The summed E-state index contributed by atoms with van der Waals surface area (Å²) in [5, 5.41) is 4.12. The van der Waals surface area contributed by atoms with E-state index in [1.807, 2.05) is 26.2 Å². The third kappa shape index (κ3) is 5.20. The molecule has 4 nitrogen and oxygen atoms in total.